The number of aliphatic imine (C=N–C) groups is 2. The summed E-state index contributed by atoms with van der Waals surface area (Å²) in [6.45, 7) is 2.22. The maximum absolute atomic E-state index is 6.02. The molecule has 302 valence electrons. The molecule has 5 heterocycles. The first-order valence-electron chi connectivity index (χ1n) is 21.9. The molecule has 0 N–H and O–H groups in total. The van der Waals surface area contributed by atoms with Crippen LogP contribution >= 0.6 is 35.3 Å². The molecular weight excluding hydrogens is 835 g/mol. The van der Waals surface area contributed by atoms with Gasteiger partial charge >= 0.3 is 0 Å². The second kappa shape index (κ2) is 13.8. The maximum Gasteiger partial charge on any atom is 0.156 e. The Morgan fingerprint density at radius 1 is 0.547 bits per heavy atom. The molecular formula is C58H37N3S3. The van der Waals surface area contributed by atoms with Crippen molar-refractivity contribution >= 4 is 120 Å². The summed E-state index contributed by atoms with van der Waals surface area (Å²) in [4.78, 5) is 12.8. The lowest BCUT2D eigenvalue weighted by molar-refractivity contribution is 0.545. The topological polar surface area (TPSA) is 29.6 Å². The van der Waals surface area contributed by atoms with Crippen molar-refractivity contribution in [3.63, 3.8) is 0 Å². The predicted octanol–water partition coefficient (Wildman–Crippen LogP) is 16.1. The van der Waals surface area contributed by atoms with Gasteiger partial charge in [-0.05, 0) is 94.9 Å². The number of aryl methyl sites for hydroxylation is 1. The van der Waals surface area contributed by atoms with E-state index < -0.39 is 0 Å². The largest absolute Gasteiger partial charge is 0.308 e. The van der Waals surface area contributed by atoms with Gasteiger partial charge in [-0.1, -0.05) is 127 Å². The zero-order valence-corrected chi connectivity index (χ0v) is 37.2. The molecule has 2 unspecified atom stereocenters. The predicted molar refractivity (Wildman–Crippen MR) is 277 cm³/mol. The van der Waals surface area contributed by atoms with Crippen LogP contribution in [0.5, 0.6) is 0 Å². The Bertz CT molecular complexity index is 4050. The molecule has 0 fully saturated rings. The van der Waals surface area contributed by atoms with Gasteiger partial charge in [-0.3, -0.25) is 4.99 Å². The Balaban J connectivity index is 1.14. The smallest absolute Gasteiger partial charge is 0.156 e. The van der Waals surface area contributed by atoms with E-state index in [2.05, 4.69) is 187 Å². The summed E-state index contributed by atoms with van der Waals surface area (Å²) >= 11 is 8.79. The zero-order valence-electron chi connectivity index (χ0n) is 34.7. The fourth-order valence-corrected chi connectivity index (χ4v) is 13.5. The highest BCUT2D eigenvalue weighted by atomic mass is 32.1. The van der Waals surface area contributed by atoms with Crippen LogP contribution in [0.25, 0.3) is 89.7 Å². The van der Waals surface area contributed by atoms with Gasteiger partial charge in [-0.15, -0.1) is 35.3 Å². The number of rotatable bonds is 3. The molecule has 0 spiro atoms. The third-order valence-electron chi connectivity index (χ3n) is 13.8. The average molecular weight is 872 g/mol. The van der Waals surface area contributed by atoms with Crippen LogP contribution in [-0.2, 0) is 6.42 Å². The van der Waals surface area contributed by atoms with E-state index in [1.165, 1.54) is 101 Å². The Morgan fingerprint density at radius 3 is 2.03 bits per heavy atom. The zero-order chi connectivity index (χ0) is 42.2. The van der Waals surface area contributed by atoms with Gasteiger partial charge in [0.05, 0.1) is 28.5 Å². The summed E-state index contributed by atoms with van der Waals surface area (Å²) in [6, 6.07) is 64.9. The van der Waals surface area contributed by atoms with Crippen molar-refractivity contribution in [2.75, 3.05) is 0 Å². The van der Waals surface area contributed by atoms with Gasteiger partial charge in [0.2, 0.25) is 0 Å². The summed E-state index contributed by atoms with van der Waals surface area (Å²) in [5, 5.41) is 10.0. The third kappa shape index (κ3) is 5.28. The second-order valence-electron chi connectivity index (χ2n) is 17.4. The van der Waals surface area contributed by atoms with Crippen molar-refractivity contribution in [1.82, 2.24) is 4.57 Å². The molecule has 9 aromatic carbocycles. The highest BCUT2D eigenvalue weighted by Gasteiger charge is 2.38. The number of fused-ring (bicyclic) bond motifs is 16. The number of thiophene rings is 2. The number of hydrogen-bond acceptors (Lipinski definition) is 5. The average Bonchev–Trinajstić information content (AvgIpc) is 4.00. The molecule has 12 aromatic rings. The number of amidine groups is 1. The lowest BCUT2D eigenvalue weighted by Crippen LogP contribution is -2.31. The van der Waals surface area contributed by atoms with Crippen LogP contribution in [-0.4, -0.2) is 16.1 Å². The summed E-state index contributed by atoms with van der Waals surface area (Å²) in [7, 11) is 0. The standard InChI is InChI=1S/C58H37N3S3/c1-32-12-10-18-40(52(32)37-15-4-7-20-47(37)62)55-44-28-33-24-25-36-43-30-34-13-2-3-14-35(34)31-46(43)61(45(36)29-33)57-42(26-27-51-54(57)39-17-6-9-22-49(39)64-51)56(44)60-58(59-55)41-19-11-23-50-53(41)38-16-5-8-21-48(38)63-50/h2-27,29-31,44,56,62H,28H2,1H3. The third-order valence-corrected chi connectivity index (χ3v) is 16.5. The molecule has 0 aliphatic carbocycles. The Labute approximate surface area is 382 Å². The molecule has 2 aliphatic rings. The molecule has 6 heteroatoms. The molecule has 3 aromatic heterocycles. The van der Waals surface area contributed by atoms with Crippen molar-refractivity contribution < 1.29 is 0 Å². The number of thiol groups is 1. The van der Waals surface area contributed by atoms with Gasteiger partial charge in [0.15, 0.2) is 5.84 Å². The van der Waals surface area contributed by atoms with Gasteiger partial charge in [0.25, 0.3) is 0 Å². The molecule has 2 bridgehead atoms. The normalized spacial score (nSPS) is 16.1. The quantitative estimate of drug-likeness (QED) is 0.171. The van der Waals surface area contributed by atoms with Gasteiger partial charge in [-0.25, -0.2) is 4.99 Å². The highest BCUT2D eigenvalue weighted by molar-refractivity contribution is 7.80. The van der Waals surface area contributed by atoms with E-state index in [4.69, 9.17) is 22.6 Å². The summed E-state index contributed by atoms with van der Waals surface area (Å²) in [5.41, 5.74) is 12.9. The fraction of sp³-hybridized carbons (Fsp3) is 0.0690. The number of nitrogens with zero attached hydrogens (tertiary/aromatic N) is 3. The van der Waals surface area contributed by atoms with Gasteiger partial charge in [0.1, 0.15) is 0 Å². The van der Waals surface area contributed by atoms with E-state index in [0.29, 0.717) is 0 Å². The summed E-state index contributed by atoms with van der Waals surface area (Å²) < 4.78 is 7.67. The lowest BCUT2D eigenvalue weighted by atomic mass is 9.78. The Kier molecular flexibility index (Phi) is 7.92. The van der Waals surface area contributed by atoms with Gasteiger partial charge in [-0.2, -0.15) is 0 Å². The summed E-state index contributed by atoms with van der Waals surface area (Å²) in [5.74, 6) is 0.683. The molecule has 0 saturated carbocycles. The van der Waals surface area contributed by atoms with Crippen LogP contribution in [0.15, 0.2) is 191 Å². The van der Waals surface area contributed by atoms with Crippen molar-refractivity contribution in [2.24, 2.45) is 15.9 Å². The summed E-state index contributed by atoms with van der Waals surface area (Å²) in [6.07, 6.45) is 0.767. The van der Waals surface area contributed by atoms with E-state index in [0.717, 1.165) is 39.6 Å². The minimum atomic E-state index is -0.275. The minimum absolute atomic E-state index is 0.0925. The first-order chi connectivity index (χ1) is 31.6. The van der Waals surface area contributed by atoms with Crippen LogP contribution in [0, 0.1) is 12.8 Å². The number of benzene rings is 9. The molecule has 0 amide bonds. The molecule has 3 nitrogen and oxygen atoms in total. The molecule has 14 rings (SSSR count). The Morgan fingerprint density at radius 2 is 1.20 bits per heavy atom. The van der Waals surface area contributed by atoms with Crippen LogP contribution in [0.4, 0.5) is 0 Å². The first kappa shape index (κ1) is 36.6. The Hall–Kier alpha value is -6.83. The van der Waals surface area contributed by atoms with Gasteiger partial charge < -0.3 is 4.57 Å². The molecule has 64 heavy (non-hydrogen) atoms. The highest BCUT2D eigenvalue weighted by Crippen LogP contribution is 2.50. The van der Waals surface area contributed by atoms with Crippen LogP contribution in [0.3, 0.4) is 0 Å². The maximum atomic E-state index is 6.02. The second-order valence-corrected chi connectivity index (χ2v) is 20.0. The SMILES string of the molecule is Cc1cccc(C2=NC(c3cccc4sc5ccccc5c34)=NC3c4ccc5sc6ccccc6c5c4-n4c5cc(ccc5c5cc6ccccc6cc54)CC23)c1-c1ccccc1S. The van der Waals surface area contributed by atoms with Gasteiger partial charge in [0, 0.05) is 78.6 Å². The molecule has 0 saturated heterocycles. The van der Waals surface area contributed by atoms with Crippen molar-refractivity contribution in [2.45, 2.75) is 24.3 Å². The first-order valence-corrected chi connectivity index (χ1v) is 24.0. The number of hydrogen-bond donors (Lipinski definition) is 1. The monoisotopic (exact) mass is 871 g/mol. The van der Waals surface area contributed by atoms with Crippen molar-refractivity contribution in [3.05, 3.63) is 204 Å². The molecule has 2 atom stereocenters. The van der Waals surface area contributed by atoms with E-state index in [-0.39, 0.29) is 12.0 Å². The van der Waals surface area contributed by atoms with Crippen molar-refractivity contribution in [3.8, 4) is 16.8 Å². The van der Waals surface area contributed by atoms with Crippen molar-refractivity contribution in [1.29, 1.82) is 0 Å². The van der Waals surface area contributed by atoms with E-state index in [1.807, 2.05) is 22.7 Å². The molecule has 2 aliphatic heterocycles. The van der Waals surface area contributed by atoms with Crippen LogP contribution in [0.1, 0.15) is 33.9 Å². The lowest BCUT2D eigenvalue weighted by Gasteiger charge is -2.33. The fourth-order valence-electron chi connectivity index (χ4n) is 11.0. The minimum Gasteiger partial charge on any atom is -0.308 e. The van der Waals surface area contributed by atoms with E-state index in [9.17, 15) is 0 Å². The van der Waals surface area contributed by atoms with Crippen LogP contribution in [0.2, 0.25) is 0 Å². The number of aromatic nitrogens is 1. The molecule has 0 radical (unpaired) electrons. The van der Waals surface area contributed by atoms with Crippen LogP contribution < -0.4 is 0 Å². The van der Waals surface area contributed by atoms with E-state index in [1.54, 1.807) is 0 Å². The van der Waals surface area contributed by atoms with E-state index >= 15 is 0 Å².